The summed E-state index contributed by atoms with van der Waals surface area (Å²) in [6.07, 6.45) is 0.0944. The van der Waals surface area contributed by atoms with E-state index in [0.29, 0.717) is 0 Å². The normalized spacial score (nSPS) is 12.3. The van der Waals surface area contributed by atoms with Crippen LogP contribution in [0, 0.1) is 0 Å². The number of nitrogens with one attached hydrogen (secondary N) is 1. The number of benzene rings is 2. The smallest absolute Gasteiger partial charge is 0.261 e. The highest BCUT2D eigenvalue weighted by atomic mass is 32.2. The van der Waals surface area contributed by atoms with Gasteiger partial charge in [0.15, 0.2) is 0 Å². The third-order valence-corrected chi connectivity index (χ3v) is 2.78. The summed E-state index contributed by atoms with van der Waals surface area (Å²) in [7, 11) is 0. The lowest BCUT2D eigenvalue weighted by Gasteiger charge is -2.03. The standard InChI is InChI=1S/C12H11NO3S/c14-12(13-17(15)16)8-9-5-6-10-3-1-2-4-11(10)7-9/h1-7H,8H2,(H,13,14)(H,15,16). The van der Waals surface area contributed by atoms with Crippen molar-refractivity contribution in [2.24, 2.45) is 0 Å². The molecule has 88 valence electrons. The van der Waals surface area contributed by atoms with E-state index < -0.39 is 17.2 Å². The maximum Gasteiger partial charge on any atom is 0.261 e. The van der Waals surface area contributed by atoms with Gasteiger partial charge in [0, 0.05) is 0 Å². The van der Waals surface area contributed by atoms with Gasteiger partial charge in [-0.05, 0) is 16.3 Å². The second kappa shape index (κ2) is 5.07. The molecular formula is C12H11NO3S. The lowest BCUT2D eigenvalue weighted by Crippen LogP contribution is -2.26. The zero-order valence-corrected chi connectivity index (χ0v) is 9.74. The molecule has 1 amide bonds. The van der Waals surface area contributed by atoms with Crippen LogP contribution in [-0.2, 0) is 22.5 Å². The Balaban J connectivity index is 2.19. The van der Waals surface area contributed by atoms with Gasteiger partial charge < -0.3 is 0 Å². The molecule has 2 N–H and O–H groups in total. The van der Waals surface area contributed by atoms with Gasteiger partial charge in [0.05, 0.1) is 6.42 Å². The predicted molar refractivity (Wildman–Crippen MR) is 66.6 cm³/mol. The predicted octanol–water partition coefficient (Wildman–Crippen LogP) is 1.64. The minimum Gasteiger partial charge on any atom is -0.289 e. The third kappa shape index (κ3) is 3.12. The van der Waals surface area contributed by atoms with Crippen LogP contribution in [0.2, 0.25) is 0 Å². The second-order valence-electron chi connectivity index (χ2n) is 3.63. The molecule has 0 bridgehead atoms. The number of carbonyl (C=O) groups excluding carboxylic acids is 1. The van der Waals surface area contributed by atoms with E-state index in [1.54, 1.807) is 0 Å². The van der Waals surface area contributed by atoms with E-state index in [-0.39, 0.29) is 6.42 Å². The van der Waals surface area contributed by atoms with Crippen molar-refractivity contribution in [3.05, 3.63) is 48.0 Å². The highest BCUT2D eigenvalue weighted by Crippen LogP contribution is 2.15. The lowest BCUT2D eigenvalue weighted by molar-refractivity contribution is -0.118. The van der Waals surface area contributed by atoms with Gasteiger partial charge in [0.2, 0.25) is 5.91 Å². The first-order chi connectivity index (χ1) is 8.15. The number of rotatable bonds is 3. The first kappa shape index (κ1) is 11.8. The largest absolute Gasteiger partial charge is 0.289 e. The molecule has 0 aliphatic heterocycles. The van der Waals surface area contributed by atoms with Gasteiger partial charge in [0.1, 0.15) is 0 Å². The van der Waals surface area contributed by atoms with E-state index in [0.717, 1.165) is 16.3 Å². The van der Waals surface area contributed by atoms with Gasteiger partial charge in [-0.25, -0.2) is 4.21 Å². The molecular weight excluding hydrogens is 238 g/mol. The van der Waals surface area contributed by atoms with Gasteiger partial charge in [0.25, 0.3) is 11.3 Å². The maximum absolute atomic E-state index is 11.3. The van der Waals surface area contributed by atoms with Crippen LogP contribution in [0.15, 0.2) is 42.5 Å². The van der Waals surface area contributed by atoms with E-state index in [2.05, 4.69) is 0 Å². The monoisotopic (exact) mass is 249 g/mol. The molecule has 5 heteroatoms. The van der Waals surface area contributed by atoms with Crippen molar-refractivity contribution in [3.63, 3.8) is 0 Å². The molecule has 0 aliphatic rings. The van der Waals surface area contributed by atoms with Crippen molar-refractivity contribution in [3.8, 4) is 0 Å². The molecule has 1 unspecified atom stereocenters. The SMILES string of the molecule is O=C(Cc1ccc2ccccc2c1)NS(=O)O. The van der Waals surface area contributed by atoms with Crippen LogP contribution in [-0.4, -0.2) is 14.7 Å². The van der Waals surface area contributed by atoms with Crippen molar-refractivity contribution in [2.45, 2.75) is 6.42 Å². The van der Waals surface area contributed by atoms with Crippen LogP contribution in [0.1, 0.15) is 5.56 Å². The van der Waals surface area contributed by atoms with Gasteiger partial charge in [-0.2, -0.15) is 0 Å². The van der Waals surface area contributed by atoms with Crippen LogP contribution < -0.4 is 4.72 Å². The molecule has 0 fully saturated rings. The Hall–Kier alpha value is -1.72. The van der Waals surface area contributed by atoms with E-state index in [1.165, 1.54) is 0 Å². The molecule has 2 aromatic rings. The number of amides is 1. The van der Waals surface area contributed by atoms with Crippen molar-refractivity contribution in [2.75, 3.05) is 0 Å². The Morgan fingerprint density at radius 1 is 1.18 bits per heavy atom. The van der Waals surface area contributed by atoms with Crippen LogP contribution in [0.25, 0.3) is 10.8 Å². The average Bonchev–Trinajstić information content (AvgIpc) is 2.27. The van der Waals surface area contributed by atoms with Crippen molar-refractivity contribution in [1.29, 1.82) is 0 Å². The summed E-state index contributed by atoms with van der Waals surface area (Å²) < 4.78 is 20.8. The molecule has 0 radical (unpaired) electrons. The highest BCUT2D eigenvalue weighted by Gasteiger charge is 2.05. The first-order valence-electron chi connectivity index (χ1n) is 5.03. The van der Waals surface area contributed by atoms with Crippen molar-refractivity contribution < 1.29 is 13.6 Å². The molecule has 0 aromatic heterocycles. The lowest BCUT2D eigenvalue weighted by atomic mass is 10.1. The van der Waals surface area contributed by atoms with Crippen LogP contribution >= 0.6 is 0 Å². The molecule has 2 aromatic carbocycles. The van der Waals surface area contributed by atoms with Crippen molar-refractivity contribution >= 4 is 27.9 Å². The zero-order valence-electron chi connectivity index (χ0n) is 8.92. The minimum absolute atomic E-state index is 0.0944. The molecule has 0 spiro atoms. The average molecular weight is 249 g/mol. The summed E-state index contributed by atoms with van der Waals surface area (Å²) in [6.45, 7) is 0. The number of fused-ring (bicyclic) bond motifs is 1. The summed E-state index contributed by atoms with van der Waals surface area (Å²) >= 11 is -2.30. The van der Waals surface area contributed by atoms with Gasteiger partial charge in [-0.1, -0.05) is 42.5 Å². The van der Waals surface area contributed by atoms with E-state index in [1.807, 2.05) is 47.2 Å². The molecule has 4 nitrogen and oxygen atoms in total. The summed E-state index contributed by atoms with van der Waals surface area (Å²) in [4.78, 5) is 11.3. The van der Waals surface area contributed by atoms with Gasteiger partial charge in [-0.3, -0.25) is 14.1 Å². The Morgan fingerprint density at radius 3 is 2.59 bits per heavy atom. The molecule has 0 saturated heterocycles. The fourth-order valence-corrected chi connectivity index (χ4v) is 1.93. The summed E-state index contributed by atoms with van der Waals surface area (Å²) in [5.41, 5.74) is 0.812. The quantitative estimate of drug-likeness (QED) is 0.813. The summed E-state index contributed by atoms with van der Waals surface area (Å²) in [6, 6.07) is 13.5. The van der Waals surface area contributed by atoms with Crippen LogP contribution in [0.3, 0.4) is 0 Å². The number of carbonyl (C=O) groups is 1. The van der Waals surface area contributed by atoms with Gasteiger partial charge >= 0.3 is 0 Å². The molecule has 0 saturated carbocycles. The van der Waals surface area contributed by atoms with Crippen LogP contribution in [0.5, 0.6) is 0 Å². The summed E-state index contributed by atoms with van der Waals surface area (Å²) in [5.74, 6) is -0.471. The van der Waals surface area contributed by atoms with Crippen molar-refractivity contribution in [1.82, 2.24) is 4.72 Å². The number of hydrogen-bond donors (Lipinski definition) is 2. The molecule has 17 heavy (non-hydrogen) atoms. The summed E-state index contributed by atoms with van der Waals surface area (Å²) in [5, 5.41) is 2.14. The van der Waals surface area contributed by atoms with E-state index in [9.17, 15) is 9.00 Å². The minimum atomic E-state index is -2.30. The highest BCUT2D eigenvalue weighted by molar-refractivity contribution is 7.77. The van der Waals surface area contributed by atoms with E-state index in [4.69, 9.17) is 4.55 Å². The zero-order chi connectivity index (χ0) is 12.3. The van der Waals surface area contributed by atoms with Gasteiger partial charge in [-0.15, -0.1) is 0 Å². The third-order valence-electron chi connectivity index (χ3n) is 2.38. The molecule has 0 aliphatic carbocycles. The molecule has 2 rings (SSSR count). The molecule has 0 heterocycles. The number of hydrogen-bond acceptors (Lipinski definition) is 2. The Labute approximate surface area is 101 Å². The Bertz CT molecular complexity index is 583. The first-order valence-corrected chi connectivity index (χ1v) is 6.14. The fourth-order valence-electron chi connectivity index (χ4n) is 1.67. The molecule has 1 atom stereocenters. The topological polar surface area (TPSA) is 66.4 Å². The Morgan fingerprint density at radius 2 is 1.88 bits per heavy atom. The fraction of sp³-hybridized carbons (Fsp3) is 0.0833. The second-order valence-corrected chi connectivity index (χ2v) is 4.34. The Kier molecular flexibility index (Phi) is 3.51. The van der Waals surface area contributed by atoms with Crippen LogP contribution in [0.4, 0.5) is 0 Å². The van der Waals surface area contributed by atoms with E-state index >= 15 is 0 Å². The maximum atomic E-state index is 11.3.